The third-order valence-corrected chi connectivity index (χ3v) is 8.85. The Labute approximate surface area is 225 Å². The van der Waals surface area contributed by atoms with Gasteiger partial charge in [0.05, 0.1) is 31.8 Å². The molecule has 7 nitrogen and oxygen atoms in total. The highest BCUT2D eigenvalue weighted by molar-refractivity contribution is 5.86. The first-order valence-corrected chi connectivity index (χ1v) is 14.2. The van der Waals surface area contributed by atoms with Crippen LogP contribution in [-0.2, 0) is 29.3 Å². The summed E-state index contributed by atoms with van der Waals surface area (Å²) in [6.07, 6.45) is 7.51. The number of unbranched alkanes of at least 4 members (excludes halogenated alkanes) is 1. The van der Waals surface area contributed by atoms with Gasteiger partial charge in [-0.2, -0.15) is 0 Å². The molecule has 3 heterocycles. The molecular weight excluding hydrogens is 482 g/mol. The van der Waals surface area contributed by atoms with Gasteiger partial charge in [-0.25, -0.2) is 9.59 Å². The Balaban J connectivity index is 1.38. The van der Waals surface area contributed by atoms with E-state index < -0.39 is 24.5 Å². The molecule has 3 aliphatic rings. The second-order valence-corrected chi connectivity index (χ2v) is 10.9. The fourth-order valence-corrected chi connectivity index (χ4v) is 7.02. The molecule has 2 aromatic rings. The molecule has 38 heavy (non-hydrogen) atoms. The van der Waals surface area contributed by atoms with Gasteiger partial charge in [0.25, 0.3) is 0 Å². The summed E-state index contributed by atoms with van der Waals surface area (Å²) in [6.45, 7) is 4.39. The van der Waals surface area contributed by atoms with Gasteiger partial charge in [0.15, 0.2) is 6.79 Å². The Morgan fingerprint density at radius 3 is 2.00 bits per heavy atom. The average molecular weight is 523 g/mol. The predicted molar refractivity (Wildman–Crippen MR) is 142 cm³/mol. The quantitative estimate of drug-likeness (QED) is 0.172. The van der Waals surface area contributed by atoms with Crippen LogP contribution in [0.25, 0.3) is 0 Å². The Hall–Kier alpha value is -2.90. The van der Waals surface area contributed by atoms with Crippen molar-refractivity contribution in [2.45, 2.75) is 82.1 Å². The van der Waals surface area contributed by atoms with E-state index >= 15 is 0 Å². The molecule has 2 atom stereocenters. The summed E-state index contributed by atoms with van der Waals surface area (Å²) in [6, 6.07) is 19.8. The SMILES string of the molecule is CCCCOC(=O)OCOC(C(=O)OC1CC2CCC(C1)[N+]21CCCC1)(c1ccccc1)c1ccccc1. The minimum atomic E-state index is -1.58. The molecule has 2 unspecified atom stereocenters. The molecule has 3 fully saturated rings. The van der Waals surface area contributed by atoms with Crippen LogP contribution in [-0.4, -0.2) is 61.3 Å². The summed E-state index contributed by atoms with van der Waals surface area (Å²) >= 11 is 0. The van der Waals surface area contributed by atoms with Crippen molar-refractivity contribution in [1.29, 1.82) is 0 Å². The Morgan fingerprint density at radius 1 is 0.868 bits per heavy atom. The third-order valence-electron chi connectivity index (χ3n) is 8.85. The average Bonchev–Trinajstić information content (AvgIpc) is 3.49. The van der Waals surface area contributed by atoms with Crippen molar-refractivity contribution in [3.8, 4) is 0 Å². The number of ether oxygens (including phenoxy) is 4. The molecule has 0 aliphatic carbocycles. The van der Waals surface area contributed by atoms with Crippen LogP contribution in [0.2, 0.25) is 0 Å². The highest BCUT2D eigenvalue weighted by atomic mass is 16.8. The molecule has 204 valence electrons. The first-order chi connectivity index (χ1) is 18.6. The van der Waals surface area contributed by atoms with Gasteiger partial charge in [-0.1, -0.05) is 74.0 Å². The Morgan fingerprint density at radius 2 is 1.45 bits per heavy atom. The van der Waals surface area contributed by atoms with Crippen molar-refractivity contribution in [3.05, 3.63) is 71.8 Å². The number of hydrogen-bond donors (Lipinski definition) is 0. The first-order valence-electron chi connectivity index (χ1n) is 14.2. The van der Waals surface area contributed by atoms with E-state index in [0.717, 1.165) is 25.7 Å². The van der Waals surface area contributed by atoms with Gasteiger partial charge < -0.3 is 23.4 Å². The van der Waals surface area contributed by atoms with E-state index in [-0.39, 0.29) is 12.7 Å². The fourth-order valence-electron chi connectivity index (χ4n) is 7.02. The summed E-state index contributed by atoms with van der Waals surface area (Å²) in [5.41, 5.74) is -0.329. The smallest absolute Gasteiger partial charge is 0.459 e. The number of benzene rings is 2. The van der Waals surface area contributed by atoms with Gasteiger partial charge in [0, 0.05) is 38.5 Å². The number of rotatable bonds is 10. The topological polar surface area (TPSA) is 71.1 Å². The first kappa shape index (κ1) is 26.7. The maximum absolute atomic E-state index is 14.2. The van der Waals surface area contributed by atoms with Crippen LogP contribution in [0.5, 0.6) is 0 Å². The lowest BCUT2D eigenvalue weighted by molar-refractivity contribution is -0.956. The van der Waals surface area contributed by atoms with Gasteiger partial charge in [-0.3, -0.25) is 0 Å². The van der Waals surface area contributed by atoms with E-state index in [9.17, 15) is 9.59 Å². The van der Waals surface area contributed by atoms with Gasteiger partial charge >= 0.3 is 12.1 Å². The van der Waals surface area contributed by atoms with Crippen LogP contribution in [0, 0.1) is 0 Å². The molecule has 5 rings (SSSR count). The number of carbonyl (C=O) groups excluding carboxylic acids is 2. The fraction of sp³-hybridized carbons (Fsp3) is 0.548. The summed E-state index contributed by atoms with van der Waals surface area (Å²) in [7, 11) is 0. The minimum Gasteiger partial charge on any atom is -0.459 e. The summed E-state index contributed by atoms with van der Waals surface area (Å²) in [5.74, 6) is -0.475. The van der Waals surface area contributed by atoms with Crippen LogP contribution >= 0.6 is 0 Å². The molecule has 0 amide bonds. The normalized spacial score (nSPS) is 23.8. The van der Waals surface area contributed by atoms with Crippen molar-refractivity contribution < 1.29 is 33.0 Å². The van der Waals surface area contributed by atoms with E-state index in [0.29, 0.717) is 23.2 Å². The molecule has 3 aliphatic heterocycles. The maximum atomic E-state index is 14.2. The van der Waals surface area contributed by atoms with E-state index in [2.05, 4.69) is 0 Å². The second-order valence-electron chi connectivity index (χ2n) is 10.9. The molecule has 2 bridgehead atoms. The van der Waals surface area contributed by atoms with Gasteiger partial charge in [0.1, 0.15) is 6.10 Å². The molecule has 7 heteroatoms. The number of hydrogen-bond acceptors (Lipinski definition) is 6. The van der Waals surface area contributed by atoms with Crippen LogP contribution < -0.4 is 0 Å². The van der Waals surface area contributed by atoms with E-state index in [1.54, 1.807) is 0 Å². The van der Waals surface area contributed by atoms with E-state index in [1.165, 1.54) is 43.3 Å². The molecule has 0 saturated carbocycles. The van der Waals surface area contributed by atoms with Gasteiger partial charge in [-0.05, 0) is 17.5 Å². The van der Waals surface area contributed by atoms with Crippen LogP contribution in [0.15, 0.2) is 60.7 Å². The zero-order chi connectivity index (χ0) is 26.4. The Bertz CT molecular complexity index is 1010. The maximum Gasteiger partial charge on any atom is 0.510 e. The largest absolute Gasteiger partial charge is 0.510 e. The lowest BCUT2D eigenvalue weighted by Gasteiger charge is -2.47. The highest BCUT2D eigenvalue weighted by Crippen LogP contribution is 2.47. The number of quaternary nitrogens is 1. The van der Waals surface area contributed by atoms with Crippen molar-refractivity contribution in [3.63, 3.8) is 0 Å². The number of piperidine rings is 1. The van der Waals surface area contributed by atoms with Crippen LogP contribution in [0.4, 0.5) is 4.79 Å². The van der Waals surface area contributed by atoms with Crippen LogP contribution in [0.3, 0.4) is 0 Å². The molecule has 0 aromatic heterocycles. The zero-order valence-electron chi connectivity index (χ0n) is 22.4. The molecular formula is C31H40NO6+. The second kappa shape index (κ2) is 11.9. The number of carbonyl (C=O) groups is 2. The molecule has 1 spiro atoms. The third kappa shape index (κ3) is 5.19. The highest BCUT2D eigenvalue weighted by Gasteiger charge is 2.57. The van der Waals surface area contributed by atoms with Gasteiger partial charge in [-0.15, -0.1) is 0 Å². The van der Waals surface area contributed by atoms with Crippen molar-refractivity contribution in [2.75, 3.05) is 26.5 Å². The van der Waals surface area contributed by atoms with E-state index in [4.69, 9.17) is 18.9 Å². The van der Waals surface area contributed by atoms with Crippen molar-refractivity contribution in [2.24, 2.45) is 0 Å². The van der Waals surface area contributed by atoms with Gasteiger partial charge in [0.2, 0.25) is 5.60 Å². The van der Waals surface area contributed by atoms with Crippen molar-refractivity contribution >= 4 is 12.1 Å². The minimum absolute atomic E-state index is 0.153. The molecule has 2 aromatic carbocycles. The summed E-state index contributed by atoms with van der Waals surface area (Å²) in [5, 5.41) is 0. The van der Waals surface area contributed by atoms with Crippen molar-refractivity contribution in [1.82, 2.24) is 0 Å². The summed E-state index contributed by atoms with van der Waals surface area (Å²) < 4.78 is 24.2. The monoisotopic (exact) mass is 522 g/mol. The lowest BCUT2D eigenvalue weighted by Crippen LogP contribution is -2.60. The van der Waals surface area contributed by atoms with Crippen LogP contribution in [0.1, 0.15) is 69.4 Å². The zero-order valence-corrected chi connectivity index (χ0v) is 22.4. The molecule has 3 saturated heterocycles. The van der Waals surface area contributed by atoms with E-state index in [1.807, 2.05) is 67.6 Å². The Kier molecular flexibility index (Phi) is 8.34. The number of nitrogens with zero attached hydrogens (tertiary/aromatic N) is 1. The molecule has 0 N–H and O–H groups in total. The lowest BCUT2D eigenvalue weighted by atomic mass is 9.85. The predicted octanol–water partition coefficient (Wildman–Crippen LogP) is 5.70. The molecule has 0 radical (unpaired) electrons. The summed E-state index contributed by atoms with van der Waals surface area (Å²) in [4.78, 5) is 26.4. The standard InChI is InChI=1S/C31H40NO6/c1-2-3-20-35-30(34)36-23-37-31(24-12-6-4-7-13-24,25-14-8-5-9-15-25)29(33)38-28-21-26-16-17-27(22-28)32(26)18-10-11-19-32/h4-9,12-15,26-28H,2-3,10-11,16-23H2,1H3/q+1. The number of esters is 1.